The molecule has 0 spiro atoms. The molecule has 3 rings (SSSR count). The molecule has 2 N–H and O–H groups in total. The van der Waals surface area contributed by atoms with E-state index >= 15 is 0 Å². The molecule has 1 saturated heterocycles. The molecule has 21 heavy (non-hydrogen) atoms. The number of anilines is 1. The molecule has 2 aromatic rings. The molecule has 2 heterocycles. The lowest BCUT2D eigenvalue weighted by Crippen LogP contribution is -2.14. The molecule has 0 radical (unpaired) electrons. The quantitative estimate of drug-likeness (QED) is 0.941. The van der Waals surface area contributed by atoms with Gasteiger partial charge in [0.1, 0.15) is 5.82 Å². The van der Waals surface area contributed by atoms with Gasteiger partial charge in [-0.2, -0.15) is 5.10 Å². The average molecular weight is 305 g/mol. The van der Waals surface area contributed by atoms with Crippen LogP contribution in [0.25, 0.3) is 11.3 Å². The highest BCUT2D eigenvalue weighted by molar-refractivity contribution is 7.91. The number of rotatable bonds is 3. The van der Waals surface area contributed by atoms with E-state index in [1.165, 1.54) is 5.56 Å². The fraction of sp³-hybridized carbons (Fsp3) is 0.400. The van der Waals surface area contributed by atoms with E-state index in [1.54, 1.807) is 4.68 Å². The Bertz CT molecular complexity index is 765. The largest absolute Gasteiger partial charge is 0.384 e. The van der Waals surface area contributed by atoms with Gasteiger partial charge >= 0.3 is 0 Å². The molecule has 1 atom stereocenters. The Hall–Kier alpha value is -1.82. The van der Waals surface area contributed by atoms with Crippen molar-refractivity contribution in [3.63, 3.8) is 0 Å². The molecule has 0 amide bonds. The number of hydrogen-bond acceptors (Lipinski definition) is 4. The zero-order valence-electron chi connectivity index (χ0n) is 12.0. The van der Waals surface area contributed by atoms with E-state index in [9.17, 15) is 8.42 Å². The molecule has 6 heteroatoms. The fourth-order valence-electron chi connectivity index (χ4n) is 2.88. The van der Waals surface area contributed by atoms with Crippen molar-refractivity contribution in [1.29, 1.82) is 0 Å². The van der Waals surface area contributed by atoms with Gasteiger partial charge in [-0.15, -0.1) is 0 Å². The molecule has 0 aliphatic carbocycles. The van der Waals surface area contributed by atoms with Crippen LogP contribution in [0, 0.1) is 0 Å². The van der Waals surface area contributed by atoms with Crippen molar-refractivity contribution in [2.45, 2.75) is 25.8 Å². The van der Waals surface area contributed by atoms with E-state index in [2.05, 4.69) is 18.1 Å². The third kappa shape index (κ3) is 2.68. The van der Waals surface area contributed by atoms with E-state index in [4.69, 9.17) is 5.73 Å². The van der Waals surface area contributed by atoms with Gasteiger partial charge in [-0.3, -0.25) is 0 Å². The number of benzene rings is 1. The first kappa shape index (κ1) is 14.1. The molecule has 1 fully saturated rings. The van der Waals surface area contributed by atoms with Crippen LogP contribution in [0.3, 0.4) is 0 Å². The van der Waals surface area contributed by atoms with Crippen molar-refractivity contribution in [3.05, 3.63) is 35.9 Å². The van der Waals surface area contributed by atoms with E-state index in [0.717, 1.165) is 17.7 Å². The highest BCUT2D eigenvalue weighted by Gasteiger charge is 2.31. The Morgan fingerprint density at radius 3 is 2.81 bits per heavy atom. The van der Waals surface area contributed by atoms with Crippen LogP contribution in [-0.4, -0.2) is 29.7 Å². The maximum atomic E-state index is 11.6. The van der Waals surface area contributed by atoms with Gasteiger partial charge in [0.2, 0.25) is 0 Å². The number of nitrogens with zero attached hydrogens (tertiary/aromatic N) is 2. The normalized spacial score (nSPS) is 20.7. The first-order chi connectivity index (χ1) is 10.00. The zero-order valence-corrected chi connectivity index (χ0v) is 12.8. The summed E-state index contributed by atoms with van der Waals surface area (Å²) in [5.41, 5.74) is 9.13. The van der Waals surface area contributed by atoms with Crippen molar-refractivity contribution < 1.29 is 8.42 Å². The average Bonchev–Trinajstić information content (AvgIpc) is 3.01. The first-order valence-electron chi connectivity index (χ1n) is 7.14. The lowest BCUT2D eigenvalue weighted by molar-refractivity contribution is 0.508. The highest BCUT2D eigenvalue weighted by atomic mass is 32.2. The van der Waals surface area contributed by atoms with Crippen molar-refractivity contribution >= 4 is 15.7 Å². The Morgan fingerprint density at radius 1 is 1.38 bits per heavy atom. The Morgan fingerprint density at radius 2 is 2.14 bits per heavy atom. The highest BCUT2D eigenvalue weighted by Crippen LogP contribution is 2.30. The Labute approximate surface area is 124 Å². The summed E-state index contributed by atoms with van der Waals surface area (Å²) in [5.74, 6) is 0.879. The molecule has 1 aliphatic heterocycles. The molecular formula is C15H19N3O2S. The fourth-order valence-corrected chi connectivity index (χ4v) is 4.57. The minimum Gasteiger partial charge on any atom is -0.384 e. The number of sulfone groups is 1. The molecule has 1 aromatic heterocycles. The van der Waals surface area contributed by atoms with E-state index < -0.39 is 9.84 Å². The summed E-state index contributed by atoms with van der Waals surface area (Å²) in [4.78, 5) is 0. The van der Waals surface area contributed by atoms with Crippen molar-refractivity contribution in [1.82, 2.24) is 9.78 Å². The minimum absolute atomic E-state index is 0.133. The van der Waals surface area contributed by atoms with E-state index in [0.29, 0.717) is 12.2 Å². The molecule has 1 aliphatic rings. The van der Waals surface area contributed by atoms with Gasteiger partial charge in [-0.05, 0) is 18.4 Å². The second kappa shape index (κ2) is 5.18. The van der Waals surface area contributed by atoms with Gasteiger partial charge in [-0.25, -0.2) is 13.1 Å². The maximum absolute atomic E-state index is 11.6. The van der Waals surface area contributed by atoms with Gasteiger partial charge in [0.15, 0.2) is 9.84 Å². The molecule has 1 unspecified atom stereocenters. The lowest BCUT2D eigenvalue weighted by atomic mass is 10.0. The van der Waals surface area contributed by atoms with Crippen molar-refractivity contribution in [2.24, 2.45) is 0 Å². The summed E-state index contributed by atoms with van der Waals surface area (Å²) >= 11 is 0. The second-order valence-electron chi connectivity index (χ2n) is 5.47. The molecule has 5 nitrogen and oxygen atoms in total. The number of hydrogen-bond donors (Lipinski definition) is 1. The lowest BCUT2D eigenvalue weighted by Gasteiger charge is -2.10. The van der Waals surface area contributed by atoms with Crippen LogP contribution >= 0.6 is 0 Å². The van der Waals surface area contributed by atoms with Gasteiger partial charge in [0.05, 0.1) is 23.2 Å². The summed E-state index contributed by atoms with van der Waals surface area (Å²) in [6.45, 7) is 2.10. The molecule has 0 saturated carbocycles. The number of aromatic nitrogens is 2. The van der Waals surface area contributed by atoms with Crippen LogP contribution in [-0.2, 0) is 16.3 Å². The zero-order chi connectivity index (χ0) is 15.0. The van der Waals surface area contributed by atoms with Gasteiger partial charge in [0.25, 0.3) is 0 Å². The van der Waals surface area contributed by atoms with Crippen LogP contribution in [0.1, 0.15) is 24.9 Å². The third-order valence-corrected chi connectivity index (χ3v) is 5.74. The summed E-state index contributed by atoms with van der Waals surface area (Å²) in [7, 11) is -2.94. The topological polar surface area (TPSA) is 78.0 Å². The minimum atomic E-state index is -2.94. The van der Waals surface area contributed by atoms with E-state index in [-0.39, 0.29) is 17.5 Å². The van der Waals surface area contributed by atoms with Gasteiger partial charge < -0.3 is 5.73 Å². The van der Waals surface area contributed by atoms with Gasteiger partial charge in [-0.1, -0.05) is 31.2 Å². The van der Waals surface area contributed by atoms with Crippen molar-refractivity contribution in [2.75, 3.05) is 17.2 Å². The second-order valence-corrected chi connectivity index (χ2v) is 7.70. The predicted octanol–water partition coefficient (Wildman–Crippen LogP) is 2.05. The van der Waals surface area contributed by atoms with E-state index in [1.807, 2.05) is 24.3 Å². The van der Waals surface area contributed by atoms with Crippen LogP contribution < -0.4 is 5.73 Å². The van der Waals surface area contributed by atoms with Crippen LogP contribution in [0.15, 0.2) is 30.3 Å². The Kier molecular flexibility index (Phi) is 3.49. The molecule has 0 bridgehead atoms. The van der Waals surface area contributed by atoms with Crippen LogP contribution in [0.2, 0.25) is 0 Å². The SMILES string of the molecule is CCc1ccccc1-c1cc(N)n(C2CCS(=O)(=O)C2)n1. The summed E-state index contributed by atoms with van der Waals surface area (Å²) in [5, 5.41) is 4.56. The molecule has 112 valence electrons. The smallest absolute Gasteiger partial charge is 0.152 e. The first-order valence-corrected chi connectivity index (χ1v) is 8.96. The van der Waals surface area contributed by atoms with Gasteiger partial charge in [0, 0.05) is 11.6 Å². The summed E-state index contributed by atoms with van der Waals surface area (Å²) < 4.78 is 24.9. The summed E-state index contributed by atoms with van der Waals surface area (Å²) in [6.07, 6.45) is 1.50. The monoisotopic (exact) mass is 305 g/mol. The molecular weight excluding hydrogens is 286 g/mol. The van der Waals surface area contributed by atoms with Crippen LogP contribution in [0.4, 0.5) is 5.82 Å². The Balaban J connectivity index is 1.99. The number of nitrogens with two attached hydrogens (primary N) is 1. The summed E-state index contributed by atoms with van der Waals surface area (Å²) in [6, 6.07) is 9.77. The number of nitrogen functional groups attached to an aromatic ring is 1. The third-order valence-electron chi connectivity index (χ3n) is 3.99. The van der Waals surface area contributed by atoms with Crippen molar-refractivity contribution in [3.8, 4) is 11.3 Å². The predicted molar refractivity (Wildman–Crippen MR) is 83.8 cm³/mol. The maximum Gasteiger partial charge on any atom is 0.152 e. The van der Waals surface area contributed by atoms with Crippen LogP contribution in [0.5, 0.6) is 0 Å². The standard InChI is InChI=1S/C15H19N3O2S/c1-2-11-5-3-4-6-13(11)14-9-15(16)18(17-14)12-7-8-21(19,20)10-12/h3-6,9,12H,2,7-8,10,16H2,1H3. The molecule has 1 aromatic carbocycles. The number of aryl methyl sites for hydroxylation is 1.